The van der Waals surface area contributed by atoms with Crippen molar-refractivity contribution in [2.75, 3.05) is 37.3 Å². The Morgan fingerprint density at radius 1 is 1.16 bits per heavy atom. The Kier molecular flexibility index (Phi) is 7.27. The summed E-state index contributed by atoms with van der Waals surface area (Å²) in [5.74, 6) is 0.248. The molecular weight excluding hydrogens is 558 g/mol. The molecule has 2 aliphatic heterocycles. The summed E-state index contributed by atoms with van der Waals surface area (Å²) in [5, 5.41) is 22.1. The number of carbonyl (C=O) groups excluding carboxylic acids is 2. The Morgan fingerprint density at radius 3 is 2.79 bits per heavy atom. The number of anilines is 2. The molecule has 1 atom stereocenters. The molecule has 0 aliphatic carbocycles. The van der Waals surface area contributed by atoms with Gasteiger partial charge in [-0.3, -0.25) is 24.7 Å². The van der Waals surface area contributed by atoms with Crippen molar-refractivity contribution in [3.05, 3.63) is 73.8 Å². The van der Waals surface area contributed by atoms with Gasteiger partial charge >= 0.3 is 0 Å². The molecule has 0 bridgehead atoms. The predicted octanol–water partition coefficient (Wildman–Crippen LogP) is 3.70. The fourth-order valence-corrected chi connectivity index (χ4v) is 5.35. The van der Waals surface area contributed by atoms with Crippen molar-refractivity contribution in [2.45, 2.75) is 31.8 Å². The van der Waals surface area contributed by atoms with Crippen LogP contribution in [-0.4, -0.2) is 69.4 Å². The second kappa shape index (κ2) is 10.8. The molecule has 2 amide bonds. The number of nitrogens with zero attached hydrogens (tertiary/aromatic N) is 5. The highest BCUT2D eigenvalue weighted by Crippen LogP contribution is 2.35. The average Bonchev–Trinajstić information content (AvgIpc) is 3.41. The first-order valence-electron chi connectivity index (χ1n) is 12.2. The molecule has 3 aromatic rings. The molecule has 4 heterocycles. The number of carbonyl (C=O) groups is 2. The molecule has 38 heavy (non-hydrogen) atoms. The van der Waals surface area contributed by atoms with Gasteiger partial charge in [-0.05, 0) is 25.0 Å². The second-order valence-corrected chi connectivity index (χ2v) is 10.2. The van der Waals surface area contributed by atoms with Gasteiger partial charge in [-0.1, -0.05) is 21.1 Å². The van der Waals surface area contributed by atoms with Crippen LogP contribution in [0.15, 0.2) is 45.8 Å². The van der Waals surface area contributed by atoms with Crippen LogP contribution in [0.2, 0.25) is 0 Å². The zero-order valence-corrected chi connectivity index (χ0v) is 22.2. The van der Waals surface area contributed by atoms with E-state index in [9.17, 15) is 19.7 Å². The van der Waals surface area contributed by atoms with Crippen LogP contribution >= 0.6 is 15.9 Å². The maximum absolute atomic E-state index is 13.7. The summed E-state index contributed by atoms with van der Waals surface area (Å²) >= 11 is 3.33. The first kappa shape index (κ1) is 25.6. The Bertz CT molecular complexity index is 1390. The van der Waals surface area contributed by atoms with Gasteiger partial charge in [0.15, 0.2) is 0 Å². The third kappa shape index (κ3) is 5.19. The number of benzene rings is 1. The molecule has 1 fully saturated rings. The highest BCUT2D eigenvalue weighted by molar-refractivity contribution is 9.10. The normalized spacial score (nSPS) is 17.1. The van der Waals surface area contributed by atoms with Gasteiger partial charge in [-0.15, -0.1) is 0 Å². The van der Waals surface area contributed by atoms with Gasteiger partial charge in [0.25, 0.3) is 17.5 Å². The molecule has 12 nitrogen and oxygen atoms in total. The third-order valence-electron chi connectivity index (χ3n) is 6.83. The number of rotatable bonds is 6. The topological polar surface area (TPSA) is 147 Å². The molecule has 1 aromatic carbocycles. The number of nitro benzene ring substituents is 1. The van der Waals surface area contributed by atoms with Crippen molar-refractivity contribution in [3.63, 3.8) is 0 Å². The van der Waals surface area contributed by atoms with Gasteiger partial charge in [0.1, 0.15) is 11.4 Å². The minimum atomic E-state index is -0.501. The van der Waals surface area contributed by atoms with Gasteiger partial charge < -0.3 is 25.0 Å². The number of likely N-dealkylation sites (tertiary alicyclic amines) is 1. The van der Waals surface area contributed by atoms with Crippen LogP contribution in [0.4, 0.5) is 17.1 Å². The van der Waals surface area contributed by atoms with Crippen LogP contribution in [0.25, 0.3) is 0 Å². The van der Waals surface area contributed by atoms with Crippen molar-refractivity contribution in [1.82, 2.24) is 19.9 Å². The Balaban J connectivity index is 1.40. The lowest BCUT2D eigenvalue weighted by Gasteiger charge is -2.34. The van der Waals surface area contributed by atoms with E-state index in [1.807, 2.05) is 0 Å². The molecule has 5 rings (SSSR count). The Labute approximate surface area is 226 Å². The minimum Gasteiger partial charge on any atom is -0.387 e. The lowest BCUT2D eigenvalue weighted by Crippen LogP contribution is -2.45. The number of hydrogen-bond acceptors (Lipinski definition) is 9. The average molecular weight is 584 g/mol. The van der Waals surface area contributed by atoms with E-state index in [0.29, 0.717) is 55.5 Å². The molecule has 198 valence electrons. The number of amides is 2. The zero-order valence-electron chi connectivity index (χ0n) is 20.6. The lowest BCUT2D eigenvalue weighted by molar-refractivity contribution is -0.384. The fourth-order valence-electron chi connectivity index (χ4n) is 4.90. The highest BCUT2D eigenvalue weighted by Gasteiger charge is 2.32. The third-order valence-corrected chi connectivity index (χ3v) is 7.28. The van der Waals surface area contributed by atoms with E-state index >= 15 is 0 Å². The standard InChI is InChI=1S/C25H26BrN7O5/c1-27-19-7-15(10-28-12-19)24(34)31-5-2-3-18(14-31)30-23-20(8-17(26)9-21(23)33(36)37)25(35)32-6-4-22-16(13-32)11-29-38-22/h7-12,18,27,30H,2-6,13-14H2,1H3/t18-/m1/s1. The minimum absolute atomic E-state index is 0.150. The summed E-state index contributed by atoms with van der Waals surface area (Å²) in [7, 11) is 1.75. The van der Waals surface area contributed by atoms with Crippen LogP contribution in [0.1, 0.15) is 44.9 Å². The van der Waals surface area contributed by atoms with Crippen molar-refractivity contribution in [2.24, 2.45) is 0 Å². The quantitative estimate of drug-likeness (QED) is 0.327. The number of nitrogens with one attached hydrogen (secondary N) is 2. The SMILES string of the molecule is CNc1cncc(C(=O)N2CCC[C@@H](Nc3c(C(=O)N4CCc5oncc5C4)cc(Br)cc3[N+](=O)[O-])C2)c1. The van der Waals surface area contributed by atoms with Crippen LogP contribution in [0.5, 0.6) is 0 Å². The first-order valence-corrected chi connectivity index (χ1v) is 13.0. The summed E-state index contributed by atoms with van der Waals surface area (Å²) in [6.07, 6.45) is 6.66. The molecule has 2 N–H and O–H groups in total. The summed E-state index contributed by atoms with van der Waals surface area (Å²) in [6, 6.07) is 4.43. The van der Waals surface area contributed by atoms with Gasteiger partial charge in [-0.25, -0.2) is 0 Å². The number of pyridine rings is 1. The molecule has 2 aliphatic rings. The number of fused-ring (bicyclic) bond motifs is 1. The summed E-state index contributed by atoms with van der Waals surface area (Å²) < 4.78 is 5.65. The van der Waals surface area contributed by atoms with Crippen molar-refractivity contribution >= 4 is 44.8 Å². The molecule has 0 unspecified atom stereocenters. The largest absolute Gasteiger partial charge is 0.387 e. The summed E-state index contributed by atoms with van der Waals surface area (Å²) in [5.41, 5.74) is 2.15. The molecule has 0 saturated carbocycles. The second-order valence-electron chi connectivity index (χ2n) is 9.30. The Hall–Kier alpha value is -4.00. The maximum Gasteiger partial charge on any atom is 0.294 e. The van der Waals surface area contributed by atoms with Crippen molar-refractivity contribution < 1.29 is 19.0 Å². The van der Waals surface area contributed by atoms with Crippen LogP contribution in [0, 0.1) is 10.1 Å². The van der Waals surface area contributed by atoms with E-state index in [-0.39, 0.29) is 34.8 Å². The maximum atomic E-state index is 13.7. The molecule has 0 radical (unpaired) electrons. The monoisotopic (exact) mass is 583 g/mol. The highest BCUT2D eigenvalue weighted by atomic mass is 79.9. The zero-order chi connectivity index (χ0) is 26.8. The van der Waals surface area contributed by atoms with E-state index in [1.54, 1.807) is 41.4 Å². The van der Waals surface area contributed by atoms with Gasteiger partial charge in [0.2, 0.25) is 0 Å². The number of halogens is 1. The number of piperidine rings is 1. The molecule has 2 aromatic heterocycles. The van der Waals surface area contributed by atoms with E-state index in [0.717, 1.165) is 17.0 Å². The van der Waals surface area contributed by atoms with Crippen LogP contribution in [0.3, 0.4) is 0 Å². The predicted molar refractivity (Wildman–Crippen MR) is 142 cm³/mol. The van der Waals surface area contributed by atoms with Crippen molar-refractivity contribution in [3.8, 4) is 0 Å². The number of aromatic nitrogens is 2. The van der Waals surface area contributed by atoms with Gasteiger partial charge in [0, 0.05) is 67.6 Å². The van der Waals surface area contributed by atoms with E-state index < -0.39 is 4.92 Å². The van der Waals surface area contributed by atoms with Crippen LogP contribution < -0.4 is 10.6 Å². The van der Waals surface area contributed by atoms with E-state index in [4.69, 9.17) is 4.52 Å². The van der Waals surface area contributed by atoms with Crippen LogP contribution in [-0.2, 0) is 13.0 Å². The van der Waals surface area contributed by atoms with Crippen molar-refractivity contribution in [1.29, 1.82) is 0 Å². The molecular formula is C25H26BrN7O5. The van der Waals surface area contributed by atoms with Gasteiger partial charge in [0.05, 0.1) is 34.5 Å². The fraction of sp³-hybridized carbons (Fsp3) is 0.360. The molecule has 13 heteroatoms. The first-order chi connectivity index (χ1) is 18.3. The molecule has 0 spiro atoms. The molecule has 1 saturated heterocycles. The van der Waals surface area contributed by atoms with E-state index in [1.165, 1.54) is 12.3 Å². The smallest absolute Gasteiger partial charge is 0.294 e. The number of hydrogen-bond donors (Lipinski definition) is 2. The summed E-state index contributed by atoms with van der Waals surface area (Å²) in [6.45, 7) is 1.61. The summed E-state index contributed by atoms with van der Waals surface area (Å²) in [4.78, 5) is 45.8. The van der Waals surface area contributed by atoms with Gasteiger partial charge in [-0.2, -0.15) is 0 Å². The lowest BCUT2D eigenvalue weighted by atomic mass is 10.0. The number of nitro groups is 1. The van der Waals surface area contributed by atoms with E-state index in [2.05, 4.69) is 36.7 Å². The Morgan fingerprint density at radius 2 is 2.00 bits per heavy atom.